The number of pyridine rings is 2. The van der Waals surface area contributed by atoms with E-state index in [4.69, 9.17) is 4.98 Å². The van der Waals surface area contributed by atoms with Crippen LogP contribution in [0.4, 0.5) is 0 Å². The van der Waals surface area contributed by atoms with Crippen molar-refractivity contribution in [3.8, 4) is 11.3 Å². The van der Waals surface area contributed by atoms with Crippen molar-refractivity contribution in [2.75, 3.05) is 0 Å². The maximum absolute atomic E-state index is 4.83. The molecule has 0 atom stereocenters. The van der Waals surface area contributed by atoms with Crippen molar-refractivity contribution in [2.24, 2.45) is 0 Å². The van der Waals surface area contributed by atoms with Crippen molar-refractivity contribution in [1.82, 2.24) is 9.97 Å². The number of fused-ring (bicyclic) bond motifs is 4. The third-order valence-electron chi connectivity index (χ3n) is 6.10. The van der Waals surface area contributed by atoms with E-state index >= 15 is 0 Å². The molecule has 0 radical (unpaired) electrons. The van der Waals surface area contributed by atoms with Gasteiger partial charge in [-0.2, -0.15) is 0 Å². The topological polar surface area (TPSA) is 25.8 Å². The average molecular weight is 352 g/mol. The summed E-state index contributed by atoms with van der Waals surface area (Å²) in [4.78, 5) is 9.15. The fourth-order valence-electron chi connectivity index (χ4n) is 4.62. The van der Waals surface area contributed by atoms with E-state index in [1.165, 1.54) is 43.8 Å². The Hall–Kier alpha value is -2.74. The van der Waals surface area contributed by atoms with Crippen LogP contribution < -0.4 is 0 Å². The van der Waals surface area contributed by atoms with Gasteiger partial charge in [-0.25, -0.2) is 0 Å². The number of hydrogen-bond acceptors (Lipinski definition) is 2. The SMILES string of the molecule is CC(C)(C)c1cc2c3c(nccc3c1)-c1ccc3cnccc3c1C2(C)C. The lowest BCUT2D eigenvalue weighted by molar-refractivity contribution is 0.584. The Labute approximate surface area is 160 Å². The van der Waals surface area contributed by atoms with E-state index in [-0.39, 0.29) is 10.8 Å². The highest BCUT2D eigenvalue weighted by Gasteiger charge is 2.36. The van der Waals surface area contributed by atoms with Crippen molar-refractivity contribution in [3.63, 3.8) is 0 Å². The molecule has 4 aromatic rings. The first-order valence-electron chi connectivity index (χ1n) is 9.60. The molecule has 0 bridgehead atoms. The van der Waals surface area contributed by atoms with Crippen molar-refractivity contribution in [1.29, 1.82) is 0 Å². The van der Waals surface area contributed by atoms with Crippen LogP contribution in [0.5, 0.6) is 0 Å². The van der Waals surface area contributed by atoms with E-state index in [9.17, 15) is 0 Å². The third kappa shape index (κ3) is 2.19. The Kier molecular flexibility index (Phi) is 3.14. The minimum atomic E-state index is -0.105. The van der Waals surface area contributed by atoms with Gasteiger partial charge in [-0.05, 0) is 45.0 Å². The normalized spacial score (nSPS) is 15.1. The van der Waals surface area contributed by atoms with Crippen LogP contribution in [0, 0.1) is 0 Å². The molecule has 2 heterocycles. The molecule has 0 saturated carbocycles. The van der Waals surface area contributed by atoms with Crippen LogP contribution in [-0.2, 0) is 10.8 Å². The maximum atomic E-state index is 4.83. The third-order valence-corrected chi connectivity index (χ3v) is 6.10. The van der Waals surface area contributed by atoms with Gasteiger partial charge in [0.1, 0.15) is 0 Å². The highest BCUT2D eigenvalue weighted by atomic mass is 14.7. The minimum absolute atomic E-state index is 0.104. The van der Waals surface area contributed by atoms with Gasteiger partial charge < -0.3 is 0 Å². The van der Waals surface area contributed by atoms with Gasteiger partial charge in [-0.1, -0.05) is 58.9 Å². The van der Waals surface area contributed by atoms with Gasteiger partial charge in [0, 0.05) is 40.3 Å². The van der Waals surface area contributed by atoms with Crippen LogP contribution in [0.15, 0.2) is 55.0 Å². The largest absolute Gasteiger partial charge is 0.264 e. The molecule has 0 spiro atoms. The summed E-state index contributed by atoms with van der Waals surface area (Å²) in [5.74, 6) is 0. The van der Waals surface area contributed by atoms with Gasteiger partial charge in [0.05, 0.1) is 5.69 Å². The molecule has 5 rings (SSSR count). The zero-order valence-corrected chi connectivity index (χ0v) is 16.6. The van der Waals surface area contributed by atoms with Crippen molar-refractivity contribution >= 4 is 21.5 Å². The lowest BCUT2D eigenvalue weighted by Crippen LogP contribution is -2.26. The molecule has 0 fully saturated rings. The molecule has 134 valence electrons. The summed E-state index contributed by atoms with van der Waals surface area (Å²) >= 11 is 0. The average Bonchev–Trinajstić information content (AvgIpc) is 2.64. The Balaban J connectivity index is 1.99. The van der Waals surface area contributed by atoms with Crippen LogP contribution in [0.1, 0.15) is 51.3 Å². The van der Waals surface area contributed by atoms with E-state index in [1.807, 2.05) is 18.6 Å². The number of nitrogens with zero attached hydrogens (tertiary/aromatic N) is 2. The van der Waals surface area contributed by atoms with Crippen molar-refractivity contribution in [2.45, 2.75) is 45.4 Å². The molecule has 0 unspecified atom stereocenters. The van der Waals surface area contributed by atoms with E-state index in [2.05, 4.69) is 76.0 Å². The molecule has 0 aliphatic heterocycles. The van der Waals surface area contributed by atoms with E-state index in [0.29, 0.717) is 0 Å². The lowest BCUT2D eigenvalue weighted by atomic mass is 9.67. The summed E-state index contributed by atoms with van der Waals surface area (Å²) in [7, 11) is 0. The van der Waals surface area contributed by atoms with Crippen LogP contribution in [0.25, 0.3) is 32.8 Å². The van der Waals surface area contributed by atoms with Crippen LogP contribution in [0.3, 0.4) is 0 Å². The van der Waals surface area contributed by atoms with Gasteiger partial charge in [0.2, 0.25) is 0 Å². The lowest BCUT2D eigenvalue weighted by Gasteiger charge is -2.37. The fourth-order valence-corrected chi connectivity index (χ4v) is 4.62. The quantitative estimate of drug-likeness (QED) is 0.366. The first kappa shape index (κ1) is 16.4. The molecule has 2 nitrogen and oxygen atoms in total. The van der Waals surface area contributed by atoms with E-state index in [1.54, 1.807) is 0 Å². The first-order valence-corrected chi connectivity index (χ1v) is 9.60. The summed E-state index contributed by atoms with van der Waals surface area (Å²) in [6.07, 6.45) is 5.81. The second kappa shape index (κ2) is 5.16. The van der Waals surface area contributed by atoms with Gasteiger partial charge in [0.15, 0.2) is 0 Å². The molecule has 27 heavy (non-hydrogen) atoms. The zero-order valence-electron chi connectivity index (χ0n) is 16.6. The second-order valence-corrected chi connectivity index (χ2v) is 9.24. The summed E-state index contributed by atoms with van der Waals surface area (Å²) in [6, 6.07) is 13.5. The summed E-state index contributed by atoms with van der Waals surface area (Å²) in [5.41, 5.74) is 6.47. The Morgan fingerprint density at radius 1 is 0.889 bits per heavy atom. The van der Waals surface area contributed by atoms with Crippen LogP contribution in [-0.4, -0.2) is 9.97 Å². The van der Waals surface area contributed by atoms with Gasteiger partial charge in [0.25, 0.3) is 0 Å². The van der Waals surface area contributed by atoms with E-state index < -0.39 is 0 Å². The monoisotopic (exact) mass is 352 g/mol. The van der Waals surface area contributed by atoms with Crippen molar-refractivity contribution in [3.05, 3.63) is 71.7 Å². The Bertz CT molecular complexity index is 1230. The zero-order chi connectivity index (χ0) is 19.0. The Morgan fingerprint density at radius 2 is 1.70 bits per heavy atom. The second-order valence-electron chi connectivity index (χ2n) is 9.24. The van der Waals surface area contributed by atoms with Gasteiger partial charge in [-0.3, -0.25) is 9.97 Å². The van der Waals surface area contributed by atoms with Crippen LogP contribution in [0.2, 0.25) is 0 Å². The standard InChI is InChI=1S/C25H24N2/c1-24(2,3)17-12-15-8-11-27-23-19-7-6-16-14-26-10-9-18(16)22(19)25(4,5)20(13-17)21(15)23/h6-14H,1-5H3. The molecular formula is C25H24N2. The Morgan fingerprint density at radius 3 is 2.48 bits per heavy atom. The van der Waals surface area contributed by atoms with Gasteiger partial charge >= 0.3 is 0 Å². The van der Waals surface area contributed by atoms with E-state index in [0.717, 1.165) is 5.69 Å². The van der Waals surface area contributed by atoms with Gasteiger partial charge in [-0.15, -0.1) is 0 Å². The molecule has 1 aliphatic carbocycles. The van der Waals surface area contributed by atoms with Crippen molar-refractivity contribution < 1.29 is 0 Å². The number of aromatic nitrogens is 2. The molecule has 0 saturated heterocycles. The molecule has 0 amide bonds. The molecule has 2 heteroatoms. The summed E-state index contributed by atoms with van der Waals surface area (Å²) < 4.78 is 0. The number of benzene rings is 2. The molecule has 1 aliphatic rings. The summed E-state index contributed by atoms with van der Waals surface area (Å²) in [6.45, 7) is 11.6. The smallest absolute Gasteiger partial charge is 0.0786 e. The molecule has 0 N–H and O–H groups in total. The molecular weight excluding hydrogens is 328 g/mol. The fraction of sp³-hybridized carbons (Fsp3) is 0.280. The molecule has 2 aromatic carbocycles. The number of hydrogen-bond donors (Lipinski definition) is 0. The highest BCUT2D eigenvalue weighted by Crippen LogP contribution is 2.50. The molecule has 2 aromatic heterocycles. The number of rotatable bonds is 0. The maximum Gasteiger partial charge on any atom is 0.0786 e. The predicted molar refractivity (Wildman–Crippen MR) is 113 cm³/mol. The summed E-state index contributed by atoms with van der Waals surface area (Å²) in [5, 5.41) is 5.05. The minimum Gasteiger partial charge on any atom is -0.264 e. The highest BCUT2D eigenvalue weighted by molar-refractivity contribution is 6.05. The predicted octanol–water partition coefficient (Wildman–Crippen LogP) is 6.39. The van der Waals surface area contributed by atoms with Crippen LogP contribution >= 0.6 is 0 Å². The first-order chi connectivity index (χ1) is 12.8.